The SMILES string of the molecule is [Li][CH2]C(C)CC(C)(C)C(O[SiH2]C)O[SiH2]C. The van der Waals surface area contributed by atoms with E-state index < -0.39 is 0 Å². The summed E-state index contributed by atoms with van der Waals surface area (Å²) in [6.07, 6.45) is 1.25. The molecule has 0 aromatic rings. The van der Waals surface area contributed by atoms with E-state index in [1.165, 1.54) is 11.5 Å². The van der Waals surface area contributed by atoms with Crippen molar-refractivity contribution in [3.05, 3.63) is 0 Å². The first-order chi connectivity index (χ1) is 6.97. The summed E-state index contributed by atoms with van der Waals surface area (Å²) in [6.45, 7) is 11.2. The maximum atomic E-state index is 5.84. The van der Waals surface area contributed by atoms with Crippen LogP contribution in [0, 0.1) is 11.3 Å². The first-order valence-corrected chi connectivity index (χ1v) is 10.2. The molecule has 5 heteroatoms. The van der Waals surface area contributed by atoms with Crippen molar-refractivity contribution in [2.24, 2.45) is 11.3 Å². The van der Waals surface area contributed by atoms with Gasteiger partial charge in [-0.25, -0.2) is 0 Å². The Hall–Kier alpha value is 0.951. The summed E-state index contributed by atoms with van der Waals surface area (Å²) in [4.78, 5) is 0. The van der Waals surface area contributed by atoms with Gasteiger partial charge in [0.25, 0.3) is 0 Å². The average molecular weight is 240 g/mol. The molecule has 2 nitrogen and oxygen atoms in total. The zero-order chi connectivity index (χ0) is 11.9. The molecule has 0 spiro atoms. The predicted octanol–water partition coefficient (Wildman–Crippen LogP) is 1.25. The summed E-state index contributed by atoms with van der Waals surface area (Å²) in [6, 6.07) is 0. The quantitative estimate of drug-likeness (QED) is 0.470. The molecule has 0 fully saturated rings. The van der Waals surface area contributed by atoms with Crippen molar-refractivity contribution in [2.75, 3.05) is 0 Å². The Morgan fingerprint density at radius 2 is 1.67 bits per heavy atom. The van der Waals surface area contributed by atoms with Crippen LogP contribution >= 0.6 is 0 Å². The number of rotatable bonds is 8. The molecule has 0 bridgehead atoms. The fraction of sp³-hybridized carbons (Fsp3) is 1.00. The van der Waals surface area contributed by atoms with Gasteiger partial charge in [0.05, 0.1) is 0 Å². The molecule has 0 aliphatic heterocycles. The molecule has 86 valence electrons. The fourth-order valence-corrected chi connectivity index (χ4v) is 3.83. The molecule has 0 saturated carbocycles. The van der Waals surface area contributed by atoms with E-state index in [9.17, 15) is 0 Å². The van der Waals surface area contributed by atoms with Gasteiger partial charge < -0.3 is 0 Å². The molecule has 15 heavy (non-hydrogen) atoms. The molecule has 0 aliphatic rings. The van der Waals surface area contributed by atoms with Gasteiger partial charge in [-0.3, -0.25) is 0 Å². The first kappa shape index (κ1) is 16.0. The van der Waals surface area contributed by atoms with Crippen molar-refractivity contribution in [3.8, 4) is 0 Å². The topological polar surface area (TPSA) is 18.5 Å². The van der Waals surface area contributed by atoms with Crippen LogP contribution in [0.2, 0.25) is 18.2 Å². The standard InChI is InChI=1S/C10H25O2Si2.Li/c1-8(2)7-10(3,4)9(11-13-5)12-14-6;/h8-9H,1,7,13-14H2,2-6H3;. The Morgan fingerprint density at radius 1 is 1.20 bits per heavy atom. The van der Waals surface area contributed by atoms with E-state index >= 15 is 0 Å². The molecule has 0 heterocycles. The van der Waals surface area contributed by atoms with Crippen LogP contribution in [0.25, 0.3) is 0 Å². The molecule has 0 aromatic carbocycles. The van der Waals surface area contributed by atoms with Gasteiger partial charge in [-0.15, -0.1) is 0 Å². The van der Waals surface area contributed by atoms with Crippen molar-refractivity contribution >= 4 is 37.2 Å². The monoisotopic (exact) mass is 240 g/mol. The van der Waals surface area contributed by atoms with Crippen LogP contribution in [0.3, 0.4) is 0 Å². The predicted molar refractivity (Wildman–Crippen MR) is 72.9 cm³/mol. The Balaban J connectivity index is 4.33. The van der Waals surface area contributed by atoms with E-state index in [4.69, 9.17) is 8.85 Å². The molecule has 0 saturated heterocycles. The molecule has 0 aromatic heterocycles. The zero-order valence-electron chi connectivity index (χ0n) is 11.3. The minimum absolute atomic E-state index is 0.0554. The van der Waals surface area contributed by atoms with Gasteiger partial charge in [0.15, 0.2) is 0 Å². The van der Waals surface area contributed by atoms with Crippen molar-refractivity contribution in [1.29, 1.82) is 0 Å². The molecule has 0 aliphatic carbocycles. The third kappa shape index (κ3) is 6.30. The molecule has 1 atom stereocenters. The second kappa shape index (κ2) is 8.10. The van der Waals surface area contributed by atoms with Gasteiger partial charge in [-0.1, -0.05) is 0 Å². The molecule has 1 unspecified atom stereocenters. The Labute approximate surface area is 109 Å². The minimum atomic E-state index is -0.377. The molecule has 0 amide bonds. The van der Waals surface area contributed by atoms with Crippen LogP contribution in [-0.4, -0.2) is 43.5 Å². The van der Waals surface area contributed by atoms with Gasteiger partial charge in [-0.2, -0.15) is 0 Å². The number of hydrogen-bond acceptors (Lipinski definition) is 2. The summed E-state index contributed by atoms with van der Waals surface area (Å²) in [5.74, 6) is 0.756. The average Bonchev–Trinajstić information content (AvgIpc) is 2.16. The second-order valence-corrected chi connectivity index (χ2v) is 6.77. The summed E-state index contributed by atoms with van der Waals surface area (Å²) in [7, 11) is -0.753. The Morgan fingerprint density at radius 3 is 2.00 bits per heavy atom. The van der Waals surface area contributed by atoms with Crippen LogP contribution < -0.4 is 0 Å². The van der Waals surface area contributed by atoms with Gasteiger partial charge in [0, 0.05) is 0 Å². The van der Waals surface area contributed by atoms with E-state index in [-0.39, 0.29) is 31.2 Å². The molecule has 0 radical (unpaired) electrons. The van der Waals surface area contributed by atoms with Crippen molar-refractivity contribution in [2.45, 2.75) is 51.7 Å². The van der Waals surface area contributed by atoms with Crippen LogP contribution in [0.5, 0.6) is 0 Å². The van der Waals surface area contributed by atoms with Crippen LogP contribution in [0.1, 0.15) is 27.2 Å². The van der Waals surface area contributed by atoms with E-state index in [1.54, 1.807) is 0 Å². The van der Waals surface area contributed by atoms with E-state index in [0.717, 1.165) is 5.92 Å². The summed E-state index contributed by atoms with van der Waals surface area (Å²) < 4.78 is 11.7. The molecular weight excluding hydrogens is 215 g/mol. The molecular formula is C10H25LiO2Si2. The van der Waals surface area contributed by atoms with Gasteiger partial charge in [0.1, 0.15) is 0 Å². The number of hydrogen-bond donors (Lipinski definition) is 0. The van der Waals surface area contributed by atoms with Crippen molar-refractivity contribution < 1.29 is 8.85 Å². The summed E-state index contributed by atoms with van der Waals surface area (Å²) >= 11 is 2.25. The second-order valence-electron chi connectivity index (χ2n) is 4.95. The third-order valence-corrected chi connectivity index (χ3v) is 4.12. The molecule has 0 rings (SSSR count). The van der Waals surface area contributed by atoms with Gasteiger partial charge in [0.2, 0.25) is 0 Å². The van der Waals surface area contributed by atoms with E-state index in [2.05, 4.69) is 51.6 Å². The third-order valence-electron chi connectivity index (χ3n) is 2.85. The fourth-order valence-electron chi connectivity index (χ4n) is 1.94. The Bertz CT molecular complexity index is 162. The van der Waals surface area contributed by atoms with E-state index in [1.807, 2.05) is 0 Å². The van der Waals surface area contributed by atoms with E-state index in [0.29, 0.717) is 0 Å². The molecule has 0 N–H and O–H groups in total. The first-order valence-electron chi connectivity index (χ1n) is 6.21. The normalized spacial score (nSPS) is 18.1. The van der Waals surface area contributed by atoms with Crippen LogP contribution in [0.15, 0.2) is 0 Å². The maximum absolute atomic E-state index is 5.84. The van der Waals surface area contributed by atoms with Gasteiger partial charge >= 0.3 is 109 Å². The zero-order valence-corrected chi connectivity index (χ0v) is 14.1. The summed E-state index contributed by atoms with van der Waals surface area (Å²) in [5.41, 5.74) is 0.168. The van der Waals surface area contributed by atoms with Crippen molar-refractivity contribution in [1.82, 2.24) is 0 Å². The van der Waals surface area contributed by atoms with Crippen LogP contribution in [-0.2, 0) is 8.85 Å². The van der Waals surface area contributed by atoms with Crippen molar-refractivity contribution in [3.63, 3.8) is 0 Å². The van der Waals surface area contributed by atoms with Gasteiger partial charge in [-0.05, 0) is 0 Å². The van der Waals surface area contributed by atoms with Crippen LogP contribution in [0.4, 0.5) is 0 Å². The summed E-state index contributed by atoms with van der Waals surface area (Å²) in [5, 5.41) is 1.24. The Kier molecular flexibility index (Phi) is 8.62.